The summed E-state index contributed by atoms with van der Waals surface area (Å²) in [5.41, 5.74) is 3.95. The topological polar surface area (TPSA) is 108 Å². The molecule has 0 bridgehead atoms. The Morgan fingerprint density at radius 2 is 1.44 bits per heavy atom. The fourth-order valence-electron chi connectivity index (χ4n) is 5.57. The maximum Gasteiger partial charge on any atom is 0.490 e. The molecule has 4 heterocycles. The van der Waals surface area contributed by atoms with Gasteiger partial charge in [-0.05, 0) is 51.1 Å². The van der Waals surface area contributed by atoms with Crippen molar-refractivity contribution in [2.45, 2.75) is 57.0 Å². The Morgan fingerprint density at radius 1 is 0.930 bits per heavy atom. The number of ether oxygens (including phenoxy) is 1. The fraction of sp³-hybridized carbons (Fsp3) is 0.607. The molecule has 43 heavy (non-hydrogen) atoms. The van der Waals surface area contributed by atoms with Crippen LogP contribution in [0.25, 0.3) is 11.3 Å². The van der Waals surface area contributed by atoms with Crippen LogP contribution in [0.4, 0.5) is 26.3 Å². The predicted molar refractivity (Wildman–Crippen MR) is 143 cm³/mol. The first-order valence-corrected chi connectivity index (χ1v) is 13.8. The van der Waals surface area contributed by atoms with E-state index in [4.69, 9.17) is 29.5 Å². The molecule has 0 aliphatic carbocycles. The van der Waals surface area contributed by atoms with Crippen LogP contribution < -0.4 is 0 Å². The van der Waals surface area contributed by atoms with Crippen LogP contribution in [-0.4, -0.2) is 100 Å². The molecule has 0 radical (unpaired) electrons. The summed E-state index contributed by atoms with van der Waals surface area (Å²) in [4.78, 5) is 28.1. The van der Waals surface area contributed by atoms with Crippen molar-refractivity contribution in [2.75, 3.05) is 46.4 Å². The van der Waals surface area contributed by atoms with Crippen molar-refractivity contribution in [3.05, 3.63) is 41.9 Å². The largest absolute Gasteiger partial charge is 0.490 e. The molecule has 9 nitrogen and oxygen atoms in total. The first kappa shape index (κ1) is 34.3. The lowest BCUT2D eigenvalue weighted by Crippen LogP contribution is -2.56. The maximum atomic E-state index is 10.6. The van der Waals surface area contributed by atoms with E-state index in [0.29, 0.717) is 0 Å². The highest BCUT2D eigenvalue weighted by molar-refractivity contribution is 5.73. The average molecular weight is 623 g/mol. The van der Waals surface area contributed by atoms with Crippen LogP contribution in [0, 0.1) is 12.8 Å². The summed E-state index contributed by atoms with van der Waals surface area (Å²) in [7, 11) is 2.30. The summed E-state index contributed by atoms with van der Waals surface area (Å²) in [6.07, 6.45) is -3.25. The number of aryl methyl sites for hydroxylation is 1. The number of likely N-dealkylation sites (tertiary alicyclic amines) is 1. The minimum Gasteiger partial charge on any atom is -0.475 e. The van der Waals surface area contributed by atoms with Crippen LogP contribution >= 0.6 is 0 Å². The van der Waals surface area contributed by atoms with Crippen LogP contribution in [0.1, 0.15) is 37.1 Å². The second-order valence-corrected chi connectivity index (χ2v) is 10.9. The minimum absolute atomic E-state index is 0.0906. The summed E-state index contributed by atoms with van der Waals surface area (Å²) in [5.74, 6) is -3.41. The molecular weight excluding hydrogens is 586 g/mol. The van der Waals surface area contributed by atoms with Gasteiger partial charge in [-0.2, -0.15) is 26.3 Å². The molecule has 0 amide bonds. The Hall–Kier alpha value is -3.17. The van der Waals surface area contributed by atoms with Gasteiger partial charge in [-0.15, -0.1) is 0 Å². The zero-order valence-corrected chi connectivity index (χ0v) is 23.9. The predicted octanol–water partition coefficient (Wildman–Crippen LogP) is 4.79. The number of halogens is 6. The van der Waals surface area contributed by atoms with E-state index in [1.165, 1.54) is 68.0 Å². The summed E-state index contributed by atoms with van der Waals surface area (Å²) < 4.78 is 71.5. The van der Waals surface area contributed by atoms with E-state index in [1.54, 1.807) is 0 Å². The van der Waals surface area contributed by atoms with Crippen molar-refractivity contribution >= 4 is 11.9 Å². The number of fused-ring (bicyclic) bond motifs is 2. The third kappa shape index (κ3) is 8.92. The molecule has 1 aromatic heterocycles. The number of piperidine rings is 1. The smallest absolute Gasteiger partial charge is 0.475 e. The molecule has 240 valence electrons. The molecule has 2 fully saturated rings. The van der Waals surface area contributed by atoms with Gasteiger partial charge in [0.05, 0.1) is 17.4 Å². The van der Waals surface area contributed by atoms with E-state index in [9.17, 15) is 26.3 Å². The molecule has 3 aliphatic rings. The first-order valence-electron chi connectivity index (χ1n) is 13.8. The highest BCUT2D eigenvalue weighted by Gasteiger charge is 2.46. The molecule has 5 rings (SSSR count). The molecule has 0 unspecified atom stereocenters. The lowest BCUT2D eigenvalue weighted by molar-refractivity contribution is -0.193. The Bertz CT molecular complexity index is 1190. The zero-order valence-electron chi connectivity index (χ0n) is 23.9. The third-order valence-corrected chi connectivity index (χ3v) is 8.03. The number of rotatable bonds is 3. The monoisotopic (exact) mass is 622 g/mol. The van der Waals surface area contributed by atoms with Crippen molar-refractivity contribution in [3.8, 4) is 11.3 Å². The normalized spacial score (nSPS) is 19.4. The molecule has 15 heteroatoms. The third-order valence-electron chi connectivity index (χ3n) is 8.03. The highest BCUT2D eigenvalue weighted by Crippen LogP contribution is 2.41. The molecule has 3 aliphatic heterocycles. The van der Waals surface area contributed by atoms with Gasteiger partial charge in [0.2, 0.25) is 0 Å². The van der Waals surface area contributed by atoms with Crippen LogP contribution in [0.15, 0.2) is 30.5 Å². The van der Waals surface area contributed by atoms with Crippen LogP contribution in [0.3, 0.4) is 0 Å². The first-order chi connectivity index (χ1) is 20.0. The minimum atomic E-state index is -5.08. The molecule has 2 aromatic rings. The number of aromatic nitrogens is 2. The van der Waals surface area contributed by atoms with Gasteiger partial charge in [0, 0.05) is 45.9 Å². The second kappa shape index (κ2) is 14.1. The van der Waals surface area contributed by atoms with E-state index >= 15 is 0 Å². The fourth-order valence-corrected chi connectivity index (χ4v) is 5.57. The van der Waals surface area contributed by atoms with Crippen molar-refractivity contribution in [1.82, 2.24) is 19.4 Å². The Morgan fingerprint density at radius 3 is 1.93 bits per heavy atom. The van der Waals surface area contributed by atoms with Gasteiger partial charge in [-0.3, -0.25) is 4.90 Å². The van der Waals surface area contributed by atoms with Crippen molar-refractivity contribution in [2.24, 2.45) is 5.92 Å². The van der Waals surface area contributed by atoms with E-state index in [2.05, 4.69) is 58.8 Å². The molecule has 2 saturated heterocycles. The second-order valence-electron chi connectivity index (χ2n) is 10.9. The number of carboxylic acid groups (broad SMARTS) is 2. The molecule has 1 aromatic carbocycles. The van der Waals surface area contributed by atoms with E-state index < -0.39 is 24.3 Å². The maximum absolute atomic E-state index is 10.6. The van der Waals surface area contributed by atoms with Gasteiger partial charge in [0.25, 0.3) is 0 Å². The Kier molecular flexibility index (Phi) is 11.2. The van der Waals surface area contributed by atoms with Gasteiger partial charge in [0.1, 0.15) is 5.82 Å². The summed E-state index contributed by atoms with van der Waals surface area (Å²) in [5, 5.41) is 14.2. The van der Waals surface area contributed by atoms with Crippen molar-refractivity contribution in [3.63, 3.8) is 0 Å². The molecule has 0 saturated carbocycles. The number of hydrogen-bond acceptors (Lipinski definition) is 6. The Balaban J connectivity index is 0.000000303. The number of benzene rings is 1. The summed E-state index contributed by atoms with van der Waals surface area (Å²) in [6, 6.07) is 8.88. The van der Waals surface area contributed by atoms with Crippen LogP contribution in [-0.2, 0) is 26.4 Å². The SMILES string of the molecule is Cc1ccc(-c2cnc3n2CCN(C)C32CCN(CC3CCOCC3)CC2)cc1.O=C(O)C(F)(F)F.O=C(O)C(F)(F)F. The highest BCUT2D eigenvalue weighted by atomic mass is 19.4. The quantitative estimate of drug-likeness (QED) is 0.471. The number of carbonyl (C=O) groups is 2. The molecule has 0 atom stereocenters. The van der Waals surface area contributed by atoms with Crippen LogP contribution in [0.5, 0.6) is 0 Å². The lowest BCUT2D eigenvalue weighted by atomic mass is 9.83. The Labute approximate surface area is 245 Å². The zero-order chi connectivity index (χ0) is 32.0. The van der Waals surface area contributed by atoms with E-state index in [-0.39, 0.29) is 5.54 Å². The molecular formula is C28H36F6N4O5. The number of alkyl halides is 6. The number of nitrogens with zero attached hydrogens (tertiary/aromatic N) is 4. The van der Waals surface area contributed by atoms with Crippen molar-refractivity contribution in [1.29, 1.82) is 0 Å². The number of hydrogen-bond donors (Lipinski definition) is 2. The van der Waals surface area contributed by atoms with E-state index in [1.807, 2.05) is 0 Å². The van der Waals surface area contributed by atoms with Gasteiger partial charge >= 0.3 is 24.3 Å². The number of carboxylic acids is 2. The van der Waals surface area contributed by atoms with Gasteiger partial charge in [-0.25, -0.2) is 14.6 Å². The van der Waals surface area contributed by atoms with E-state index in [0.717, 1.165) is 32.2 Å². The molecule has 1 spiro atoms. The number of imidazole rings is 1. The molecule has 2 N–H and O–H groups in total. The van der Waals surface area contributed by atoms with Gasteiger partial charge in [-0.1, -0.05) is 29.8 Å². The summed E-state index contributed by atoms with van der Waals surface area (Å²) >= 11 is 0. The number of likely N-dealkylation sites (N-methyl/N-ethyl adjacent to an activating group) is 1. The van der Waals surface area contributed by atoms with Gasteiger partial charge < -0.3 is 24.4 Å². The van der Waals surface area contributed by atoms with Crippen molar-refractivity contribution < 1.29 is 50.9 Å². The summed E-state index contributed by atoms with van der Waals surface area (Å²) in [6.45, 7) is 9.77. The lowest BCUT2D eigenvalue weighted by Gasteiger charge is -2.50. The number of aliphatic carboxylic acids is 2. The average Bonchev–Trinajstić information content (AvgIpc) is 3.38. The van der Waals surface area contributed by atoms with Gasteiger partial charge in [0.15, 0.2) is 0 Å². The standard InChI is InChI=1S/C24H34N4O.2C2HF3O2/c1-19-3-5-21(6-4-19)22-17-25-23-24(26(2)13-14-28(22)23)9-11-27(12-10-24)18-20-7-15-29-16-8-20;2*3-2(4,5)1(6)7/h3-6,17,20H,7-16,18H2,1-2H3;2*(H,6,7). The van der Waals surface area contributed by atoms with Crippen LogP contribution in [0.2, 0.25) is 0 Å².